The minimum Gasteiger partial charge on any atom is -0.317 e. The number of allylic oxidation sites excluding steroid dienone is 12. The monoisotopic (exact) mass is 607 g/mol. The van der Waals surface area contributed by atoms with Crippen LogP contribution in [0, 0.1) is 12.8 Å². The highest BCUT2D eigenvalue weighted by Crippen LogP contribution is 2.47. The molecule has 1 saturated carbocycles. The third kappa shape index (κ3) is 6.10. The summed E-state index contributed by atoms with van der Waals surface area (Å²) in [7, 11) is 0. The number of benzene rings is 4. The Bertz CT molecular complexity index is 2040. The zero-order valence-corrected chi connectivity index (χ0v) is 27.3. The van der Waals surface area contributed by atoms with E-state index in [2.05, 4.69) is 153 Å². The largest absolute Gasteiger partial charge is 0.317 e. The number of hydrogen-bond donors (Lipinski definition) is 0. The van der Waals surface area contributed by atoms with Crippen molar-refractivity contribution < 1.29 is 0 Å². The standard InChI is InChI=1S/C46H41N/c1-5-13-34(6-2)35-21-23-36(24-22-35)38-15-11-16-39(30-38)40-17-12-18-41(31-40)47-29-10-9-14-32(3)46-33(4)42(27-28-45(46)47)44-20-8-7-19-43(44)37-25-26-37/h5-6,8-18,20-24,27-31,37H,1-3,7,19,25-26H2,4H3/b14-9-,29-10-,34-13+. The first-order valence-electron chi connectivity index (χ1n) is 16.7. The average molecular weight is 608 g/mol. The van der Waals surface area contributed by atoms with E-state index in [1.54, 1.807) is 11.6 Å². The molecule has 0 atom stereocenters. The average Bonchev–Trinajstić information content (AvgIpc) is 3.96. The summed E-state index contributed by atoms with van der Waals surface area (Å²) >= 11 is 0. The van der Waals surface area contributed by atoms with Gasteiger partial charge < -0.3 is 4.90 Å². The van der Waals surface area contributed by atoms with E-state index < -0.39 is 0 Å². The van der Waals surface area contributed by atoms with Crippen molar-refractivity contribution >= 4 is 28.1 Å². The zero-order valence-electron chi connectivity index (χ0n) is 27.3. The molecule has 1 heterocycles. The van der Waals surface area contributed by atoms with E-state index in [4.69, 9.17) is 0 Å². The van der Waals surface area contributed by atoms with Gasteiger partial charge in [0.2, 0.25) is 0 Å². The molecule has 1 heteroatoms. The zero-order chi connectivity index (χ0) is 32.3. The molecule has 7 rings (SSSR count). The maximum atomic E-state index is 4.54. The SMILES string of the molecule is C=C/C=C(\C=C)c1ccc(-c2cccc(-c3cccc(N4/C=C\C=C/C(=C)c5c4ccc(C4=C(C6CC6)CCC=C4)c5C)c3)c2)cc1. The van der Waals surface area contributed by atoms with Crippen LogP contribution in [0.1, 0.15) is 47.9 Å². The Hall–Kier alpha value is -5.40. The molecule has 0 saturated heterocycles. The van der Waals surface area contributed by atoms with Crippen LogP contribution in [0.5, 0.6) is 0 Å². The quantitative estimate of drug-likeness (QED) is 0.180. The minimum absolute atomic E-state index is 0.768. The fourth-order valence-corrected chi connectivity index (χ4v) is 7.07. The number of nitrogens with zero attached hydrogens (tertiary/aromatic N) is 1. The molecule has 0 radical (unpaired) electrons. The summed E-state index contributed by atoms with van der Waals surface area (Å²) in [5.74, 6) is 0.768. The molecular weight excluding hydrogens is 567 g/mol. The first kappa shape index (κ1) is 30.3. The number of hydrogen-bond acceptors (Lipinski definition) is 1. The van der Waals surface area contributed by atoms with Crippen molar-refractivity contribution in [3.63, 3.8) is 0 Å². The molecule has 1 fully saturated rings. The molecule has 2 aliphatic carbocycles. The van der Waals surface area contributed by atoms with Crippen molar-refractivity contribution in [1.29, 1.82) is 0 Å². The van der Waals surface area contributed by atoms with E-state index in [-0.39, 0.29) is 0 Å². The molecule has 0 spiro atoms. The van der Waals surface area contributed by atoms with Crippen molar-refractivity contribution in [1.82, 2.24) is 0 Å². The lowest BCUT2D eigenvalue weighted by molar-refractivity contribution is 0.855. The van der Waals surface area contributed by atoms with Crippen LogP contribution >= 0.6 is 0 Å². The summed E-state index contributed by atoms with van der Waals surface area (Å²) in [6.07, 6.45) is 23.9. The van der Waals surface area contributed by atoms with Gasteiger partial charge in [-0.3, -0.25) is 0 Å². The van der Waals surface area contributed by atoms with Crippen molar-refractivity contribution in [2.75, 3.05) is 4.90 Å². The van der Waals surface area contributed by atoms with Crippen molar-refractivity contribution in [2.45, 2.75) is 32.6 Å². The third-order valence-corrected chi connectivity index (χ3v) is 9.63. The highest BCUT2D eigenvalue weighted by atomic mass is 15.1. The predicted molar refractivity (Wildman–Crippen MR) is 204 cm³/mol. The van der Waals surface area contributed by atoms with Gasteiger partial charge in [-0.15, -0.1) is 0 Å². The van der Waals surface area contributed by atoms with Crippen LogP contribution in [0.3, 0.4) is 0 Å². The van der Waals surface area contributed by atoms with Gasteiger partial charge in [-0.1, -0.05) is 129 Å². The molecule has 1 aliphatic heterocycles. The Kier molecular flexibility index (Phi) is 8.46. The molecule has 0 aromatic heterocycles. The summed E-state index contributed by atoms with van der Waals surface area (Å²) in [5.41, 5.74) is 17.2. The van der Waals surface area contributed by atoms with Crippen molar-refractivity contribution in [3.05, 3.63) is 187 Å². The normalized spacial score (nSPS) is 17.5. The minimum atomic E-state index is 0.768. The van der Waals surface area contributed by atoms with Crippen molar-refractivity contribution in [2.24, 2.45) is 5.92 Å². The topological polar surface area (TPSA) is 3.24 Å². The van der Waals surface area contributed by atoms with Crippen LogP contribution in [0.2, 0.25) is 0 Å². The fourth-order valence-electron chi connectivity index (χ4n) is 7.07. The van der Waals surface area contributed by atoms with Gasteiger partial charge in [0, 0.05) is 17.5 Å². The first-order valence-corrected chi connectivity index (χ1v) is 16.7. The molecule has 3 aliphatic rings. The Morgan fingerprint density at radius 3 is 2.30 bits per heavy atom. The summed E-state index contributed by atoms with van der Waals surface area (Å²) in [6, 6.07) is 30.9. The predicted octanol–water partition coefficient (Wildman–Crippen LogP) is 12.8. The van der Waals surface area contributed by atoms with Crippen molar-refractivity contribution in [3.8, 4) is 22.3 Å². The third-order valence-electron chi connectivity index (χ3n) is 9.63. The maximum absolute atomic E-state index is 4.54. The second-order valence-corrected chi connectivity index (χ2v) is 12.7. The van der Waals surface area contributed by atoms with E-state index in [9.17, 15) is 0 Å². The van der Waals surface area contributed by atoms with Crippen LogP contribution in [0.15, 0.2) is 165 Å². The van der Waals surface area contributed by atoms with Gasteiger partial charge >= 0.3 is 0 Å². The maximum Gasteiger partial charge on any atom is 0.0536 e. The van der Waals surface area contributed by atoms with Crippen LogP contribution in [-0.4, -0.2) is 0 Å². The number of rotatable bonds is 8. The van der Waals surface area contributed by atoms with Gasteiger partial charge in [-0.05, 0) is 125 Å². The highest BCUT2D eigenvalue weighted by molar-refractivity contribution is 5.92. The Labute approximate surface area is 280 Å². The number of fused-ring (bicyclic) bond motifs is 1. The lowest BCUT2D eigenvalue weighted by Crippen LogP contribution is -2.13. The van der Waals surface area contributed by atoms with Crippen LogP contribution in [0.4, 0.5) is 11.4 Å². The Morgan fingerprint density at radius 2 is 1.55 bits per heavy atom. The van der Waals surface area contributed by atoms with E-state index in [1.807, 2.05) is 12.2 Å². The Morgan fingerprint density at radius 1 is 0.809 bits per heavy atom. The Balaban J connectivity index is 1.25. The summed E-state index contributed by atoms with van der Waals surface area (Å²) in [6.45, 7) is 14.6. The lowest BCUT2D eigenvalue weighted by Gasteiger charge is -2.28. The molecule has 4 aromatic rings. The molecule has 1 nitrogen and oxygen atoms in total. The lowest BCUT2D eigenvalue weighted by atomic mass is 9.84. The molecule has 0 unspecified atom stereocenters. The van der Waals surface area contributed by atoms with Gasteiger partial charge in [-0.25, -0.2) is 0 Å². The van der Waals surface area contributed by atoms with E-state index >= 15 is 0 Å². The van der Waals surface area contributed by atoms with Crippen LogP contribution in [-0.2, 0) is 0 Å². The molecular formula is C46H41N. The molecule has 4 aromatic carbocycles. The first-order chi connectivity index (χ1) is 23.1. The highest BCUT2D eigenvalue weighted by Gasteiger charge is 2.30. The summed E-state index contributed by atoms with van der Waals surface area (Å²) in [4.78, 5) is 2.31. The smallest absolute Gasteiger partial charge is 0.0536 e. The second-order valence-electron chi connectivity index (χ2n) is 12.7. The van der Waals surface area contributed by atoms with E-state index in [0.29, 0.717) is 0 Å². The number of anilines is 2. The molecule has 47 heavy (non-hydrogen) atoms. The van der Waals surface area contributed by atoms with E-state index in [1.165, 1.54) is 63.8 Å². The molecule has 230 valence electrons. The van der Waals surface area contributed by atoms with Crippen LogP contribution in [0.25, 0.3) is 39.0 Å². The van der Waals surface area contributed by atoms with E-state index in [0.717, 1.165) is 40.4 Å². The van der Waals surface area contributed by atoms with Crippen LogP contribution < -0.4 is 4.90 Å². The van der Waals surface area contributed by atoms with Gasteiger partial charge in [0.25, 0.3) is 0 Å². The van der Waals surface area contributed by atoms with Gasteiger partial charge in [-0.2, -0.15) is 0 Å². The summed E-state index contributed by atoms with van der Waals surface area (Å²) < 4.78 is 0. The van der Waals surface area contributed by atoms with Gasteiger partial charge in [0.15, 0.2) is 0 Å². The molecule has 0 amide bonds. The van der Waals surface area contributed by atoms with Gasteiger partial charge in [0.05, 0.1) is 5.69 Å². The molecule has 0 N–H and O–H groups in total. The van der Waals surface area contributed by atoms with Gasteiger partial charge in [0.1, 0.15) is 0 Å². The summed E-state index contributed by atoms with van der Waals surface area (Å²) in [5, 5.41) is 0. The molecule has 0 bridgehead atoms. The fraction of sp³-hybridized carbons (Fsp3) is 0.130. The second kappa shape index (κ2) is 13.1.